The average Bonchev–Trinajstić information content (AvgIpc) is 2.10. The molecule has 1 aliphatic rings. The minimum Gasteiger partial charge on any atom is -0.449 e. The van der Waals surface area contributed by atoms with Crippen LogP contribution >= 0.6 is 0 Å². The molecule has 3 nitrogen and oxygen atoms in total. The summed E-state index contributed by atoms with van der Waals surface area (Å²) < 4.78 is 4.91. The summed E-state index contributed by atoms with van der Waals surface area (Å²) in [5, 5.41) is 0. The highest BCUT2D eigenvalue weighted by atomic mass is 16.6. The number of hydrogen-bond donors (Lipinski definition) is 0. The van der Waals surface area contributed by atoms with Gasteiger partial charge in [0.25, 0.3) is 0 Å². The van der Waals surface area contributed by atoms with Gasteiger partial charge in [0.05, 0.1) is 12.6 Å². The molecule has 0 saturated heterocycles. The second kappa shape index (κ2) is 4.12. The Labute approximate surface area is 78.7 Å². The topological polar surface area (TPSA) is 29.5 Å². The van der Waals surface area contributed by atoms with Crippen molar-refractivity contribution in [2.75, 3.05) is 6.61 Å². The molecule has 0 aromatic rings. The fraction of sp³-hybridized carbons (Fsp3) is 0.500. The van der Waals surface area contributed by atoms with Crippen LogP contribution in [0.5, 0.6) is 0 Å². The molecule has 0 saturated carbocycles. The molecule has 0 fully saturated rings. The van der Waals surface area contributed by atoms with Crippen molar-refractivity contribution < 1.29 is 9.53 Å². The van der Waals surface area contributed by atoms with E-state index >= 15 is 0 Å². The van der Waals surface area contributed by atoms with Crippen molar-refractivity contribution in [3.63, 3.8) is 0 Å². The third-order valence-corrected chi connectivity index (χ3v) is 2.16. The second-order valence-corrected chi connectivity index (χ2v) is 3.03. The standard InChI is InChI=1S/C10H15NO2/c1-4-13-10(12)11-7-5-6-8(2)9(11)3/h5-7,9H,4H2,1-3H3. The van der Waals surface area contributed by atoms with Gasteiger partial charge in [-0.15, -0.1) is 0 Å². The monoisotopic (exact) mass is 181 g/mol. The van der Waals surface area contributed by atoms with E-state index < -0.39 is 0 Å². The molecular weight excluding hydrogens is 166 g/mol. The Morgan fingerprint density at radius 3 is 3.00 bits per heavy atom. The molecule has 0 bridgehead atoms. The first-order valence-electron chi connectivity index (χ1n) is 4.47. The molecule has 1 amide bonds. The van der Waals surface area contributed by atoms with Crippen LogP contribution in [0, 0.1) is 0 Å². The van der Waals surface area contributed by atoms with Gasteiger partial charge in [-0.1, -0.05) is 11.6 Å². The van der Waals surface area contributed by atoms with E-state index in [0.29, 0.717) is 6.61 Å². The Morgan fingerprint density at radius 2 is 2.38 bits per heavy atom. The van der Waals surface area contributed by atoms with E-state index in [9.17, 15) is 4.79 Å². The highest BCUT2D eigenvalue weighted by molar-refractivity contribution is 5.70. The number of ether oxygens (including phenoxy) is 1. The van der Waals surface area contributed by atoms with Gasteiger partial charge in [0.2, 0.25) is 0 Å². The van der Waals surface area contributed by atoms with Crippen LogP contribution in [-0.4, -0.2) is 23.6 Å². The zero-order valence-corrected chi connectivity index (χ0v) is 8.28. The lowest BCUT2D eigenvalue weighted by Gasteiger charge is -2.27. The average molecular weight is 181 g/mol. The molecule has 0 spiro atoms. The molecule has 1 rings (SSSR count). The molecule has 1 heterocycles. The number of hydrogen-bond acceptors (Lipinski definition) is 2. The number of amides is 1. The molecule has 0 radical (unpaired) electrons. The molecule has 0 aliphatic carbocycles. The van der Waals surface area contributed by atoms with Crippen LogP contribution in [-0.2, 0) is 4.74 Å². The molecule has 0 N–H and O–H groups in total. The van der Waals surface area contributed by atoms with Gasteiger partial charge in [-0.25, -0.2) is 4.79 Å². The minimum atomic E-state index is -0.279. The summed E-state index contributed by atoms with van der Waals surface area (Å²) >= 11 is 0. The van der Waals surface area contributed by atoms with Crippen LogP contribution in [0.2, 0.25) is 0 Å². The highest BCUT2D eigenvalue weighted by Gasteiger charge is 2.21. The summed E-state index contributed by atoms with van der Waals surface area (Å²) in [6.07, 6.45) is 5.32. The van der Waals surface area contributed by atoms with Gasteiger partial charge in [-0.3, -0.25) is 4.90 Å². The highest BCUT2D eigenvalue weighted by Crippen LogP contribution is 2.16. The van der Waals surface area contributed by atoms with Gasteiger partial charge in [-0.2, -0.15) is 0 Å². The van der Waals surface area contributed by atoms with Gasteiger partial charge in [0, 0.05) is 6.20 Å². The second-order valence-electron chi connectivity index (χ2n) is 3.03. The summed E-state index contributed by atoms with van der Waals surface area (Å²) in [5.41, 5.74) is 1.16. The first-order chi connectivity index (χ1) is 6.16. The van der Waals surface area contributed by atoms with Gasteiger partial charge in [0.1, 0.15) is 0 Å². The summed E-state index contributed by atoms with van der Waals surface area (Å²) in [7, 11) is 0. The third kappa shape index (κ3) is 2.11. The summed E-state index contributed by atoms with van der Waals surface area (Å²) in [6, 6.07) is 0.101. The molecule has 0 aromatic heterocycles. The predicted octanol–water partition coefficient (Wildman–Crippen LogP) is 2.31. The minimum absolute atomic E-state index is 0.101. The van der Waals surface area contributed by atoms with Crippen LogP contribution in [0.1, 0.15) is 20.8 Å². The van der Waals surface area contributed by atoms with E-state index in [1.165, 1.54) is 0 Å². The van der Waals surface area contributed by atoms with Crippen molar-refractivity contribution >= 4 is 6.09 Å². The Balaban J connectivity index is 2.67. The van der Waals surface area contributed by atoms with Crippen LogP contribution < -0.4 is 0 Å². The summed E-state index contributed by atoms with van der Waals surface area (Å²) in [5.74, 6) is 0. The van der Waals surface area contributed by atoms with Gasteiger partial charge >= 0.3 is 6.09 Å². The van der Waals surface area contributed by atoms with Crippen molar-refractivity contribution in [1.82, 2.24) is 4.90 Å². The first kappa shape index (κ1) is 9.84. The van der Waals surface area contributed by atoms with E-state index in [1.807, 2.05) is 26.0 Å². The quantitative estimate of drug-likeness (QED) is 0.621. The van der Waals surface area contributed by atoms with Crippen molar-refractivity contribution in [3.8, 4) is 0 Å². The van der Waals surface area contributed by atoms with E-state index in [2.05, 4.69) is 0 Å². The lowest BCUT2D eigenvalue weighted by atomic mass is 10.1. The van der Waals surface area contributed by atoms with Crippen molar-refractivity contribution in [1.29, 1.82) is 0 Å². The normalized spacial score (nSPS) is 21.3. The Morgan fingerprint density at radius 1 is 1.69 bits per heavy atom. The molecule has 72 valence electrons. The Hall–Kier alpha value is -1.25. The van der Waals surface area contributed by atoms with Gasteiger partial charge in [0.15, 0.2) is 0 Å². The maximum atomic E-state index is 11.4. The summed E-state index contributed by atoms with van der Waals surface area (Å²) in [4.78, 5) is 13.0. The van der Waals surface area contributed by atoms with Crippen LogP contribution in [0.4, 0.5) is 4.79 Å². The van der Waals surface area contributed by atoms with Crippen LogP contribution in [0.15, 0.2) is 23.9 Å². The van der Waals surface area contributed by atoms with E-state index in [-0.39, 0.29) is 12.1 Å². The Bertz CT molecular complexity index is 256. The maximum Gasteiger partial charge on any atom is 0.414 e. The number of rotatable bonds is 1. The molecule has 13 heavy (non-hydrogen) atoms. The molecule has 1 atom stereocenters. The van der Waals surface area contributed by atoms with Crippen LogP contribution in [0.3, 0.4) is 0 Å². The lowest BCUT2D eigenvalue weighted by molar-refractivity contribution is 0.115. The number of carbonyl (C=O) groups excluding carboxylic acids is 1. The fourth-order valence-corrected chi connectivity index (χ4v) is 1.19. The smallest absolute Gasteiger partial charge is 0.414 e. The number of allylic oxidation sites excluding steroid dienone is 2. The van der Waals surface area contributed by atoms with Crippen molar-refractivity contribution in [2.24, 2.45) is 0 Å². The van der Waals surface area contributed by atoms with Gasteiger partial charge in [-0.05, 0) is 26.8 Å². The van der Waals surface area contributed by atoms with Crippen molar-refractivity contribution in [2.45, 2.75) is 26.8 Å². The fourth-order valence-electron chi connectivity index (χ4n) is 1.19. The first-order valence-corrected chi connectivity index (χ1v) is 4.47. The lowest BCUT2D eigenvalue weighted by Crippen LogP contribution is -2.36. The molecular formula is C10H15NO2. The molecule has 0 aromatic carbocycles. The number of carbonyl (C=O) groups is 1. The van der Waals surface area contributed by atoms with E-state index in [4.69, 9.17) is 4.74 Å². The van der Waals surface area contributed by atoms with Gasteiger partial charge < -0.3 is 4.74 Å². The SMILES string of the molecule is CCOC(=O)N1C=CC=C(C)C1C. The molecule has 1 unspecified atom stereocenters. The van der Waals surface area contributed by atoms with Crippen molar-refractivity contribution in [3.05, 3.63) is 23.9 Å². The maximum absolute atomic E-state index is 11.4. The predicted molar refractivity (Wildman–Crippen MR) is 51.2 cm³/mol. The van der Waals surface area contributed by atoms with E-state index in [1.54, 1.807) is 18.0 Å². The summed E-state index contributed by atoms with van der Waals surface area (Å²) in [6.45, 7) is 6.20. The third-order valence-electron chi connectivity index (χ3n) is 2.16. The largest absolute Gasteiger partial charge is 0.449 e. The van der Waals surface area contributed by atoms with Crippen LogP contribution in [0.25, 0.3) is 0 Å². The zero-order chi connectivity index (χ0) is 9.84. The van der Waals surface area contributed by atoms with E-state index in [0.717, 1.165) is 5.57 Å². The Kier molecular flexibility index (Phi) is 3.12. The number of nitrogens with zero attached hydrogens (tertiary/aromatic N) is 1. The molecule has 1 aliphatic heterocycles. The zero-order valence-electron chi connectivity index (χ0n) is 8.28. The molecule has 3 heteroatoms.